The van der Waals surface area contributed by atoms with Crippen molar-refractivity contribution in [1.29, 1.82) is 0 Å². The smallest absolute Gasteiger partial charge is 0.319 e. The van der Waals surface area contributed by atoms with E-state index in [0.29, 0.717) is 13.2 Å². The summed E-state index contributed by atoms with van der Waals surface area (Å²) >= 11 is 0. The van der Waals surface area contributed by atoms with E-state index in [-0.39, 0.29) is 11.4 Å². The van der Waals surface area contributed by atoms with Gasteiger partial charge in [0.05, 0.1) is 6.54 Å². The molecule has 25 heavy (non-hydrogen) atoms. The first-order chi connectivity index (χ1) is 11.8. The Hall–Kier alpha value is -2.49. The molecule has 0 saturated carbocycles. The number of urea groups is 1. The van der Waals surface area contributed by atoms with E-state index < -0.39 is 0 Å². The van der Waals surface area contributed by atoms with Crippen molar-refractivity contribution in [3.8, 4) is 5.75 Å². The Balaban J connectivity index is 1.84. The molecule has 2 rings (SSSR count). The third-order valence-electron chi connectivity index (χ3n) is 3.83. The highest BCUT2D eigenvalue weighted by molar-refractivity contribution is 5.90. The van der Waals surface area contributed by atoms with E-state index in [1.807, 2.05) is 50.2 Å². The summed E-state index contributed by atoms with van der Waals surface area (Å²) in [5, 5.41) is 5.76. The zero-order valence-electron chi connectivity index (χ0n) is 15.8. The highest BCUT2D eigenvalue weighted by atomic mass is 16.5. The van der Waals surface area contributed by atoms with Crippen LogP contribution in [0.15, 0.2) is 42.5 Å². The van der Waals surface area contributed by atoms with Gasteiger partial charge < -0.3 is 15.4 Å². The molecule has 0 spiro atoms. The number of carbonyl (C=O) groups is 1. The topological polar surface area (TPSA) is 50.4 Å². The largest absolute Gasteiger partial charge is 0.492 e. The molecule has 0 fully saturated rings. The molecular formula is C21H28N2O2. The van der Waals surface area contributed by atoms with E-state index >= 15 is 0 Å². The van der Waals surface area contributed by atoms with Crippen molar-refractivity contribution < 1.29 is 9.53 Å². The van der Waals surface area contributed by atoms with Crippen molar-refractivity contribution in [2.75, 3.05) is 18.5 Å². The van der Waals surface area contributed by atoms with Crippen LogP contribution in [0.5, 0.6) is 5.75 Å². The van der Waals surface area contributed by atoms with Gasteiger partial charge in [0.25, 0.3) is 0 Å². The standard InChI is InChI=1S/C21H28N2O2/c1-15-12-16(2)14-17(13-15)25-11-10-22-20(24)23-19-9-7-6-8-18(19)21(3,4)5/h6-9,12-14H,10-11H2,1-5H3,(H2,22,23,24). The Morgan fingerprint density at radius 1 is 1.04 bits per heavy atom. The van der Waals surface area contributed by atoms with E-state index in [1.165, 1.54) is 11.1 Å². The number of para-hydroxylation sites is 1. The summed E-state index contributed by atoms with van der Waals surface area (Å²) in [5.74, 6) is 0.831. The van der Waals surface area contributed by atoms with Gasteiger partial charge >= 0.3 is 6.03 Å². The summed E-state index contributed by atoms with van der Waals surface area (Å²) in [5.41, 5.74) is 4.24. The van der Waals surface area contributed by atoms with Gasteiger partial charge in [0.15, 0.2) is 0 Å². The number of aryl methyl sites for hydroxylation is 2. The van der Waals surface area contributed by atoms with E-state index in [9.17, 15) is 4.79 Å². The van der Waals surface area contributed by atoms with Crippen LogP contribution in [0, 0.1) is 13.8 Å². The van der Waals surface area contributed by atoms with Crippen molar-refractivity contribution in [2.45, 2.75) is 40.0 Å². The molecule has 0 unspecified atom stereocenters. The fourth-order valence-corrected chi connectivity index (χ4v) is 2.76. The molecular weight excluding hydrogens is 312 g/mol. The molecule has 134 valence electrons. The zero-order valence-corrected chi connectivity index (χ0v) is 15.8. The molecule has 0 radical (unpaired) electrons. The first-order valence-electron chi connectivity index (χ1n) is 8.61. The molecule has 4 nitrogen and oxygen atoms in total. The summed E-state index contributed by atoms with van der Waals surface area (Å²) < 4.78 is 5.70. The van der Waals surface area contributed by atoms with Crippen LogP contribution in [0.25, 0.3) is 0 Å². The number of hydrogen-bond acceptors (Lipinski definition) is 2. The van der Waals surface area contributed by atoms with E-state index in [0.717, 1.165) is 17.0 Å². The summed E-state index contributed by atoms with van der Waals surface area (Å²) in [6, 6.07) is 13.7. The van der Waals surface area contributed by atoms with Crippen LogP contribution < -0.4 is 15.4 Å². The highest BCUT2D eigenvalue weighted by Crippen LogP contribution is 2.29. The second kappa shape index (κ2) is 8.06. The molecule has 2 N–H and O–H groups in total. The van der Waals surface area contributed by atoms with Gasteiger partial charge in [-0.15, -0.1) is 0 Å². The van der Waals surface area contributed by atoms with Crippen molar-refractivity contribution in [3.05, 3.63) is 59.2 Å². The fourth-order valence-electron chi connectivity index (χ4n) is 2.76. The number of hydrogen-bond donors (Lipinski definition) is 2. The van der Waals surface area contributed by atoms with Gasteiger partial charge in [0.1, 0.15) is 12.4 Å². The van der Waals surface area contributed by atoms with E-state index in [2.05, 4.69) is 37.5 Å². The molecule has 0 heterocycles. The lowest BCUT2D eigenvalue weighted by Crippen LogP contribution is -2.33. The van der Waals surface area contributed by atoms with Gasteiger partial charge in [-0.3, -0.25) is 0 Å². The van der Waals surface area contributed by atoms with Gasteiger partial charge in [-0.05, 0) is 54.2 Å². The van der Waals surface area contributed by atoms with Gasteiger partial charge in [0.2, 0.25) is 0 Å². The Labute approximate surface area is 150 Å². The number of carbonyl (C=O) groups excluding carboxylic acids is 1. The number of anilines is 1. The maximum atomic E-state index is 12.1. The summed E-state index contributed by atoms with van der Waals surface area (Å²) in [7, 11) is 0. The summed E-state index contributed by atoms with van der Waals surface area (Å²) in [6.45, 7) is 11.3. The van der Waals surface area contributed by atoms with Crippen LogP contribution in [-0.4, -0.2) is 19.2 Å². The molecule has 2 amide bonds. The normalized spacial score (nSPS) is 11.1. The van der Waals surface area contributed by atoms with Crippen LogP contribution in [0.2, 0.25) is 0 Å². The Kier molecular flexibility index (Phi) is 6.07. The second-order valence-corrected chi connectivity index (χ2v) is 7.35. The Morgan fingerprint density at radius 2 is 1.68 bits per heavy atom. The van der Waals surface area contributed by atoms with Gasteiger partial charge in [0, 0.05) is 5.69 Å². The average molecular weight is 340 g/mol. The van der Waals surface area contributed by atoms with Crippen molar-refractivity contribution >= 4 is 11.7 Å². The van der Waals surface area contributed by atoms with Gasteiger partial charge in [-0.25, -0.2) is 4.79 Å². The number of benzene rings is 2. The number of ether oxygens (including phenoxy) is 1. The molecule has 0 aliphatic heterocycles. The summed E-state index contributed by atoms with van der Waals surface area (Å²) in [4.78, 5) is 12.1. The molecule has 0 bridgehead atoms. The maximum Gasteiger partial charge on any atom is 0.319 e. The summed E-state index contributed by atoms with van der Waals surface area (Å²) in [6.07, 6.45) is 0. The Morgan fingerprint density at radius 3 is 2.32 bits per heavy atom. The highest BCUT2D eigenvalue weighted by Gasteiger charge is 2.18. The average Bonchev–Trinajstić information content (AvgIpc) is 2.50. The fraction of sp³-hybridized carbons (Fsp3) is 0.381. The second-order valence-electron chi connectivity index (χ2n) is 7.35. The molecule has 0 atom stereocenters. The van der Waals surface area contributed by atoms with Crippen LogP contribution in [0.1, 0.15) is 37.5 Å². The first-order valence-corrected chi connectivity index (χ1v) is 8.61. The lowest BCUT2D eigenvalue weighted by atomic mass is 9.86. The molecule has 0 saturated heterocycles. The quantitative estimate of drug-likeness (QED) is 0.768. The van der Waals surface area contributed by atoms with E-state index in [4.69, 9.17) is 4.74 Å². The molecule has 0 aliphatic rings. The van der Waals surface area contributed by atoms with Gasteiger partial charge in [-0.1, -0.05) is 45.0 Å². The minimum Gasteiger partial charge on any atom is -0.492 e. The predicted molar refractivity (Wildman–Crippen MR) is 104 cm³/mol. The first kappa shape index (κ1) is 18.8. The number of rotatable bonds is 5. The minimum absolute atomic E-state index is 0.0317. The van der Waals surface area contributed by atoms with Crippen molar-refractivity contribution in [1.82, 2.24) is 5.32 Å². The van der Waals surface area contributed by atoms with Crippen LogP contribution in [0.4, 0.5) is 10.5 Å². The lowest BCUT2D eigenvalue weighted by Gasteiger charge is -2.23. The number of nitrogens with one attached hydrogen (secondary N) is 2. The molecule has 0 aromatic heterocycles. The van der Waals surface area contributed by atoms with Gasteiger partial charge in [-0.2, -0.15) is 0 Å². The third-order valence-corrected chi connectivity index (χ3v) is 3.83. The molecule has 4 heteroatoms. The van der Waals surface area contributed by atoms with Crippen LogP contribution in [-0.2, 0) is 5.41 Å². The SMILES string of the molecule is Cc1cc(C)cc(OCCNC(=O)Nc2ccccc2C(C)(C)C)c1. The monoisotopic (exact) mass is 340 g/mol. The van der Waals surface area contributed by atoms with Crippen LogP contribution in [0.3, 0.4) is 0 Å². The third kappa shape index (κ3) is 5.82. The number of amides is 2. The minimum atomic E-state index is -0.222. The Bertz CT molecular complexity index is 713. The zero-order chi connectivity index (χ0) is 18.4. The predicted octanol–water partition coefficient (Wildman–Crippen LogP) is 4.80. The van der Waals surface area contributed by atoms with Crippen molar-refractivity contribution in [3.63, 3.8) is 0 Å². The molecule has 2 aromatic carbocycles. The van der Waals surface area contributed by atoms with E-state index in [1.54, 1.807) is 0 Å². The molecule has 0 aliphatic carbocycles. The lowest BCUT2D eigenvalue weighted by molar-refractivity contribution is 0.247. The van der Waals surface area contributed by atoms with Crippen LogP contribution >= 0.6 is 0 Å². The van der Waals surface area contributed by atoms with Crippen molar-refractivity contribution in [2.24, 2.45) is 0 Å². The molecule has 2 aromatic rings. The maximum absolute atomic E-state index is 12.1.